The third kappa shape index (κ3) is 4.47. The number of phenolic OH excluding ortho intramolecular Hbond substituents is 1. The molecule has 212 valence electrons. The van der Waals surface area contributed by atoms with Gasteiger partial charge in [-0.15, -0.1) is 0 Å². The number of aromatic hydroxyl groups is 1. The number of nitrogens with zero attached hydrogens (tertiary/aromatic N) is 2. The van der Waals surface area contributed by atoms with Crippen molar-refractivity contribution in [2.75, 3.05) is 13.1 Å². The minimum absolute atomic E-state index is 0.00193. The van der Waals surface area contributed by atoms with Gasteiger partial charge in [-0.3, -0.25) is 38.6 Å². The van der Waals surface area contributed by atoms with Gasteiger partial charge < -0.3 is 15.3 Å². The topological polar surface area (TPSA) is 170 Å². The minimum Gasteiger partial charge on any atom is -0.507 e. The monoisotopic (exact) mass is 552 g/mol. The summed E-state index contributed by atoms with van der Waals surface area (Å²) in [5.74, 6) is -7.80. The average molecular weight is 553 g/mol. The molecule has 1 aromatic carbocycles. The number of carboxylic acid groups (broad SMARTS) is 2. The summed E-state index contributed by atoms with van der Waals surface area (Å²) in [5.41, 5.74) is 1.83. The van der Waals surface area contributed by atoms with E-state index >= 15 is 0 Å². The van der Waals surface area contributed by atoms with Crippen LogP contribution in [0.4, 0.5) is 0 Å². The van der Waals surface area contributed by atoms with Gasteiger partial charge in [0.2, 0.25) is 23.6 Å². The smallest absolute Gasteiger partial charge is 0.303 e. The Balaban J connectivity index is 1.52. The van der Waals surface area contributed by atoms with E-state index in [1.54, 1.807) is 25.1 Å². The van der Waals surface area contributed by atoms with Crippen LogP contribution in [0.5, 0.6) is 5.75 Å². The number of para-hydroxylation sites is 1. The fraction of sp³-hybridized carbons (Fsp3) is 0.517. The number of likely N-dealkylation sites (tertiary alicyclic amines) is 2. The Labute approximate surface area is 230 Å². The summed E-state index contributed by atoms with van der Waals surface area (Å²) < 4.78 is 0. The van der Waals surface area contributed by atoms with Crippen molar-refractivity contribution >= 4 is 35.6 Å². The molecule has 11 heteroatoms. The first kappa shape index (κ1) is 27.5. The van der Waals surface area contributed by atoms with Gasteiger partial charge in [0.15, 0.2) is 0 Å². The maximum absolute atomic E-state index is 13.7. The van der Waals surface area contributed by atoms with E-state index in [0.29, 0.717) is 11.1 Å². The molecular formula is C29H32N2O9. The zero-order valence-electron chi connectivity index (χ0n) is 22.1. The lowest BCUT2D eigenvalue weighted by molar-refractivity contribution is -0.143. The molecular weight excluding hydrogens is 520 g/mol. The Bertz CT molecular complexity index is 1330. The van der Waals surface area contributed by atoms with Gasteiger partial charge >= 0.3 is 11.9 Å². The first-order chi connectivity index (χ1) is 19.0. The number of amides is 4. The fourth-order valence-electron chi connectivity index (χ4n) is 7.22. The molecule has 1 saturated carbocycles. The number of hydrogen-bond acceptors (Lipinski definition) is 7. The van der Waals surface area contributed by atoms with Crippen LogP contribution >= 0.6 is 0 Å². The molecule has 6 unspecified atom stereocenters. The molecule has 0 spiro atoms. The molecule has 11 nitrogen and oxygen atoms in total. The lowest BCUT2D eigenvalue weighted by Crippen LogP contribution is -2.43. The maximum atomic E-state index is 13.7. The number of carbonyl (C=O) groups is 6. The van der Waals surface area contributed by atoms with Crippen molar-refractivity contribution < 1.29 is 44.1 Å². The molecule has 6 atom stereocenters. The molecule has 2 aliphatic carbocycles. The first-order valence-corrected chi connectivity index (χ1v) is 13.6. The van der Waals surface area contributed by atoms with Crippen molar-refractivity contribution in [3.8, 4) is 5.75 Å². The number of phenols is 1. The number of allylic oxidation sites excluding steroid dienone is 2. The van der Waals surface area contributed by atoms with E-state index in [1.165, 1.54) is 0 Å². The van der Waals surface area contributed by atoms with Gasteiger partial charge in [0, 0.05) is 37.4 Å². The minimum atomic E-state index is -1.03. The number of rotatable bonds is 9. The number of imide groups is 2. The van der Waals surface area contributed by atoms with Crippen molar-refractivity contribution in [1.82, 2.24) is 9.80 Å². The molecule has 0 bridgehead atoms. The zero-order chi connectivity index (χ0) is 28.9. The van der Waals surface area contributed by atoms with Crippen LogP contribution in [-0.2, 0) is 28.8 Å². The highest BCUT2D eigenvalue weighted by molar-refractivity contribution is 6.08. The van der Waals surface area contributed by atoms with Gasteiger partial charge in [-0.25, -0.2) is 0 Å². The summed E-state index contributed by atoms with van der Waals surface area (Å²) in [5, 5.41) is 29.1. The molecule has 40 heavy (non-hydrogen) atoms. The van der Waals surface area contributed by atoms with Gasteiger partial charge in [-0.2, -0.15) is 0 Å². The number of carboxylic acids is 2. The van der Waals surface area contributed by atoms with Crippen LogP contribution in [0.15, 0.2) is 29.8 Å². The Morgan fingerprint density at radius 1 is 0.825 bits per heavy atom. The van der Waals surface area contributed by atoms with Crippen molar-refractivity contribution in [3.63, 3.8) is 0 Å². The van der Waals surface area contributed by atoms with Gasteiger partial charge in [-0.1, -0.05) is 29.8 Å². The highest BCUT2D eigenvalue weighted by atomic mass is 16.4. The Morgan fingerprint density at radius 3 is 2.00 bits per heavy atom. The van der Waals surface area contributed by atoms with Crippen LogP contribution < -0.4 is 0 Å². The van der Waals surface area contributed by atoms with E-state index in [1.807, 2.05) is 6.08 Å². The highest BCUT2D eigenvalue weighted by Gasteiger charge is 2.62. The summed E-state index contributed by atoms with van der Waals surface area (Å²) >= 11 is 0. The Hall–Kier alpha value is -4.02. The normalized spacial score (nSPS) is 29.3. The number of fused-ring (bicyclic) bond motifs is 4. The van der Waals surface area contributed by atoms with Crippen LogP contribution in [-0.4, -0.2) is 73.8 Å². The second-order valence-electron chi connectivity index (χ2n) is 11.2. The average Bonchev–Trinajstić information content (AvgIpc) is 3.29. The molecule has 0 radical (unpaired) electrons. The fourth-order valence-corrected chi connectivity index (χ4v) is 7.22. The highest BCUT2D eigenvalue weighted by Crippen LogP contribution is 2.58. The molecule has 0 aromatic heterocycles. The van der Waals surface area contributed by atoms with E-state index in [-0.39, 0.29) is 63.3 Å². The molecule has 2 saturated heterocycles. The molecule has 1 aromatic rings. The second kappa shape index (κ2) is 10.5. The number of aryl methyl sites for hydroxylation is 1. The quantitative estimate of drug-likeness (QED) is 0.307. The molecule has 4 aliphatic rings. The summed E-state index contributed by atoms with van der Waals surface area (Å²) in [4.78, 5) is 78.4. The van der Waals surface area contributed by atoms with Crippen LogP contribution in [0.25, 0.3) is 0 Å². The standard InChI is InChI=1S/C29H32N2O9/c1-14-5-2-6-16(25(14)36)22-15-9-10-17-23(28(39)30(26(17)37)11-3-7-20(32)33)18(15)13-19-24(22)29(40)31(27(19)38)12-4-8-21(34)35/h2,5-6,9,17-19,22-24,36H,3-4,7-8,10-13H2,1H3,(H,32,33)(H,34,35). The third-order valence-electron chi connectivity index (χ3n) is 8.98. The van der Waals surface area contributed by atoms with E-state index in [2.05, 4.69) is 0 Å². The SMILES string of the molecule is Cc1cccc(C2C3=CCC4C(=O)N(CCCC(=O)O)C(=O)C4C3CC3C(=O)N(CCCC(=O)O)C(=O)C32)c1O. The number of carbonyl (C=O) groups excluding carboxylic acids is 4. The summed E-state index contributed by atoms with van der Waals surface area (Å²) in [6, 6.07) is 5.20. The molecule has 5 rings (SSSR count). The van der Waals surface area contributed by atoms with E-state index in [9.17, 15) is 33.9 Å². The van der Waals surface area contributed by atoms with E-state index < -0.39 is 65.2 Å². The van der Waals surface area contributed by atoms with Crippen molar-refractivity contribution in [1.29, 1.82) is 0 Å². The maximum Gasteiger partial charge on any atom is 0.303 e. The number of hydrogen-bond donors (Lipinski definition) is 3. The van der Waals surface area contributed by atoms with Gasteiger partial charge in [0.1, 0.15) is 5.75 Å². The largest absolute Gasteiger partial charge is 0.507 e. The van der Waals surface area contributed by atoms with Crippen LogP contribution in [0.2, 0.25) is 0 Å². The van der Waals surface area contributed by atoms with Crippen molar-refractivity contribution in [2.45, 2.75) is 51.4 Å². The van der Waals surface area contributed by atoms with Gasteiger partial charge in [-0.05, 0) is 44.1 Å². The van der Waals surface area contributed by atoms with Crippen LogP contribution in [0, 0.1) is 36.5 Å². The molecule has 3 fully saturated rings. The molecule has 2 aliphatic heterocycles. The van der Waals surface area contributed by atoms with Gasteiger partial charge in [0.25, 0.3) is 0 Å². The van der Waals surface area contributed by atoms with E-state index in [0.717, 1.165) is 15.4 Å². The predicted octanol–water partition coefficient (Wildman–Crippen LogP) is 2.07. The predicted molar refractivity (Wildman–Crippen MR) is 138 cm³/mol. The molecule has 3 N–H and O–H groups in total. The van der Waals surface area contributed by atoms with Crippen molar-refractivity contribution in [3.05, 3.63) is 41.0 Å². The Kier molecular flexibility index (Phi) is 7.24. The number of benzene rings is 1. The summed E-state index contributed by atoms with van der Waals surface area (Å²) in [6.07, 6.45) is 2.21. The molecule has 2 heterocycles. The summed E-state index contributed by atoms with van der Waals surface area (Å²) in [7, 11) is 0. The van der Waals surface area contributed by atoms with Crippen molar-refractivity contribution in [2.24, 2.45) is 29.6 Å². The number of aliphatic carboxylic acids is 2. The summed E-state index contributed by atoms with van der Waals surface area (Å²) in [6.45, 7) is 1.70. The third-order valence-corrected chi connectivity index (χ3v) is 8.98. The van der Waals surface area contributed by atoms with Gasteiger partial charge in [0.05, 0.1) is 23.7 Å². The second-order valence-corrected chi connectivity index (χ2v) is 11.2. The van der Waals surface area contributed by atoms with E-state index in [4.69, 9.17) is 10.2 Å². The first-order valence-electron chi connectivity index (χ1n) is 13.6. The van der Waals surface area contributed by atoms with Crippen LogP contribution in [0.3, 0.4) is 0 Å². The lowest BCUT2D eigenvalue weighted by atomic mass is 9.57. The lowest BCUT2D eigenvalue weighted by Gasteiger charge is -2.44. The molecule has 4 amide bonds. The zero-order valence-corrected chi connectivity index (χ0v) is 22.1. The Morgan fingerprint density at radius 2 is 1.40 bits per heavy atom. The van der Waals surface area contributed by atoms with Crippen LogP contribution in [0.1, 0.15) is 55.6 Å².